The molecule has 2 unspecified atom stereocenters. The number of benzene rings is 1. The van der Waals surface area contributed by atoms with Crippen LogP contribution >= 0.6 is 0 Å². The monoisotopic (exact) mass is 220 g/mol. The highest BCUT2D eigenvalue weighted by Crippen LogP contribution is 2.35. The summed E-state index contributed by atoms with van der Waals surface area (Å²) in [7, 11) is 0. The number of ether oxygens (including phenoxy) is 3. The number of epoxide rings is 1. The molecule has 2 rings (SSSR count). The SMILES string of the molecule is C=CCOC(C)C1(Oc2ccccc2)CO1. The summed E-state index contributed by atoms with van der Waals surface area (Å²) in [5.74, 6) is 0.193. The van der Waals surface area contributed by atoms with Crippen molar-refractivity contribution in [3.63, 3.8) is 0 Å². The zero-order valence-electron chi connectivity index (χ0n) is 9.39. The molecule has 0 spiro atoms. The van der Waals surface area contributed by atoms with Crippen LogP contribution in [0.1, 0.15) is 6.92 Å². The third kappa shape index (κ3) is 2.43. The van der Waals surface area contributed by atoms with Gasteiger partial charge in [0.05, 0.1) is 6.61 Å². The molecule has 86 valence electrons. The second-order valence-corrected chi connectivity index (χ2v) is 3.78. The summed E-state index contributed by atoms with van der Waals surface area (Å²) in [6.45, 7) is 6.63. The summed E-state index contributed by atoms with van der Waals surface area (Å²) in [4.78, 5) is 0. The van der Waals surface area contributed by atoms with E-state index in [1.165, 1.54) is 0 Å². The minimum absolute atomic E-state index is 0.106. The molecule has 3 nitrogen and oxygen atoms in total. The average Bonchev–Trinajstić information content (AvgIpc) is 3.08. The summed E-state index contributed by atoms with van der Waals surface area (Å²) < 4.78 is 16.7. The Balaban J connectivity index is 1.95. The van der Waals surface area contributed by atoms with E-state index in [2.05, 4.69) is 6.58 Å². The molecule has 1 heterocycles. The van der Waals surface area contributed by atoms with Gasteiger partial charge in [-0.3, -0.25) is 0 Å². The molecule has 0 bridgehead atoms. The number of para-hydroxylation sites is 1. The Hall–Kier alpha value is -1.32. The molecule has 1 aliphatic rings. The van der Waals surface area contributed by atoms with Crippen molar-refractivity contribution in [2.45, 2.75) is 18.8 Å². The molecule has 3 heteroatoms. The lowest BCUT2D eigenvalue weighted by atomic mass is 10.2. The van der Waals surface area contributed by atoms with Crippen LogP contribution in [0.25, 0.3) is 0 Å². The van der Waals surface area contributed by atoms with Crippen molar-refractivity contribution in [3.05, 3.63) is 43.0 Å². The van der Waals surface area contributed by atoms with Gasteiger partial charge in [0.25, 0.3) is 5.79 Å². The molecule has 0 radical (unpaired) electrons. The summed E-state index contributed by atoms with van der Waals surface area (Å²) in [6.07, 6.45) is 1.61. The van der Waals surface area contributed by atoms with Crippen LogP contribution < -0.4 is 4.74 Å². The largest absolute Gasteiger partial charge is 0.457 e. The second-order valence-electron chi connectivity index (χ2n) is 3.78. The normalized spacial score (nSPS) is 24.8. The lowest BCUT2D eigenvalue weighted by Gasteiger charge is -2.21. The molecule has 0 aliphatic carbocycles. The molecular formula is C13H16O3. The highest BCUT2D eigenvalue weighted by molar-refractivity contribution is 5.22. The van der Waals surface area contributed by atoms with Crippen molar-refractivity contribution in [1.29, 1.82) is 0 Å². The molecule has 2 atom stereocenters. The lowest BCUT2D eigenvalue weighted by Crippen LogP contribution is -2.35. The van der Waals surface area contributed by atoms with Gasteiger partial charge in [-0.25, -0.2) is 0 Å². The van der Waals surface area contributed by atoms with Gasteiger partial charge in [-0.15, -0.1) is 6.58 Å². The first kappa shape index (κ1) is 11.2. The average molecular weight is 220 g/mol. The summed E-state index contributed by atoms with van der Waals surface area (Å²) in [5, 5.41) is 0. The first-order chi connectivity index (χ1) is 7.77. The van der Waals surface area contributed by atoms with Crippen LogP contribution in [0, 0.1) is 0 Å². The number of rotatable bonds is 6. The smallest absolute Gasteiger partial charge is 0.260 e. The maximum atomic E-state index is 5.79. The van der Waals surface area contributed by atoms with Gasteiger partial charge in [0.15, 0.2) is 0 Å². The Morgan fingerprint density at radius 2 is 2.19 bits per heavy atom. The van der Waals surface area contributed by atoms with E-state index in [1.54, 1.807) is 6.08 Å². The fourth-order valence-electron chi connectivity index (χ4n) is 1.48. The Morgan fingerprint density at radius 3 is 2.75 bits per heavy atom. The van der Waals surface area contributed by atoms with E-state index in [-0.39, 0.29) is 6.10 Å². The van der Waals surface area contributed by atoms with E-state index in [0.717, 1.165) is 5.75 Å². The summed E-state index contributed by atoms with van der Waals surface area (Å²) >= 11 is 0. The Morgan fingerprint density at radius 1 is 1.50 bits per heavy atom. The van der Waals surface area contributed by atoms with Crippen molar-refractivity contribution >= 4 is 0 Å². The van der Waals surface area contributed by atoms with E-state index >= 15 is 0 Å². The number of hydrogen-bond acceptors (Lipinski definition) is 3. The first-order valence-electron chi connectivity index (χ1n) is 5.37. The predicted molar refractivity (Wildman–Crippen MR) is 61.4 cm³/mol. The van der Waals surface area contributed by atoms with Gasteiger partial charge in [-0.1, -0.05) is 24.3 Å². The molecular weight excluding hydrogens is 204 g/mol. The molecule has 16 heavy (non-hydrogen) atoms. The van der Waals surface area contributed by atoms with Gasteiger partial charge in [0.1, 0.15) is 18.5 Å². The molecule has 0 N–H and O–H groups in total. The van der Waals surface area contributed by atoms with E-state index in [4.69, 9.17) is 14.2 Å². The van der Waals surface area contributed by atoms with Gasteiger partial charge < -0.3 is 14.2 Å². The van der Waals surface area contributed by atoms with Crippen LogP contribution in [-0.4, -0.2) is 25.1 Å². The van der Waals surface area contributed by atoms with Crippen LogP contribution in [0.15, 0.2) is 43.0 Å². The molecule has 0 aromatic heterocycles. The van der Waals surface area contributed by atoms with Crippen LogP contribution in [0.5, 0.6) is 5.75 Å². The quantitative estimate of drug-likeness (QED) is 0.545. The maximum absolute atomic E-state index is 5.79. The standard InChI is InChI=1S/C13H16O3/c1-3-9-14-11(2)13(10-15-13)16-12-7-5-4-6-8-12/h3-8,11H,1,9-10H2,2H3. The van der Waals surface area contributed by atoms with Gasteiger partial charge in [-0.2, -0.15) is 0 Å². The van der Waals surface area contributed by atoms with Crippen molar-refractivity contribution < 1.29 is 14.2 Å². The molecule has 1 aliphatic heterocycles. The topological polar surface area (TPSA) is 31.0 Å². The van der Waals surface area contributed by atoms with Gasteiger partial charge in [0, 0.05) is 0 Å². The fraction of sp³-hybridized carbons (Fsp3) is 0.385. The summed E-state index contributed by atoms with van der Waals surface area (Å²) in [6, 6.07) is 9.62. The molecule has 1 fully saturated rings. The third-order valence-corrected chi connectivity index (χ3v) is 2.55. The van der Waals surface area contributed by atoms with E-state index < -0.39 is 5.79 Å². The van der Waals surface area contributed by atoms with Crippen LogP contribution in [0.3, 0.4) is 0 Å². The van der Waals surface area contributed by atoms with Gasteiger partial charge >= 0.3 is 0 Å². The van der Waals surface area contributed by atoms with Crippen molar-refractivity contribution in [2.24, 2.45) is 0 Å². The third-order valence-electron chi connectivity index (χ3n) is 2.55. The first-order valence-corrected chi connectivity index (χ1v) is 5.37. The number of hydrogen-bond donors (Lipinski definition) is 0. The molecule has 1 aromatic carbocycles. The minimum Gasteiger partial charge on any atom is -0.457 e. The predicted octanol–water partition coefficient (Wildman–Crippen LogP) is 2.38. The van der Waals surface area contributed by atoms with Gasteiger partial charge in [0.2, 0.25) is 0 Å². The minimum atomic E-state index is -0.607. The molecule has 1 saturated heterocycles. The zero-order valence-corrected chi connectivity index (χ0v) is 9.39. The maximum Gasteiger partial charge on any atom is 0.260 e. The van der Waals surface area contributed by atoms with E-state index in [9.17, 15) is 0 Å². The summed E-state index contributed by atoms with van der Waals surface area (Å²) in [5.41, 5.74) is 0. The molecule has 1 aromatic rings. The van der Waals surface area contributed by atoms with Crippen molar-refractivity contribution in [2.75, 3.05) is 13.2 Å². The lowest BCUT2D eigenvalue weighted by molar-refractivity contribution is -0.0728. The van der Waals surface area contributed by atoms with Crippen LogP contribution in [-0.2, 0) is 9.47 Å². The molecule has 0 saturated carbocycles. The molecule has 0 amide bonds. The van der Waals surface area contributed by atoms with Crippen LogP contribution in [0.4, 0.5) is 0 Å². The zero-order chi connectivity index (χ0) is 11.4. The van der Waals surface area contributed by atoms with Crippen molar-refractivity contribution in [1.82, 2.24) is 0 Å². The van der Waals surface area contributed by atoms with Crippen LogP contribution in [0.2, 0.25) is 0 Å². The Labute approximate surface area is 95.6 Å². The highest BCUT2D eigenvalue weighted by Gasteiger charge is 2.53. The second kappa shape index (κ2) is 4.68. The van der Waals surface area contributed by atoms with E-state index in [1.807, 2.05) is 37.3 Å². The van der Waals surface area contributed by atoms with Crippen molar-refractivity contribution in [3.8, 4) is 5.75 Å². The fourth-order valence-corrected chi connectivity index (χ4v) is 1.48. The highest BCUT2D eigenvalue weighted by atomic mass is 16.8. The Kier molecular flexibility index (Phi) is 3.27. The Bertz CT molecular complexity index is 343. The van der Waals surface area contributed by atoms with E-state index in [0.29, 0.717) is 13.2 Å². The van der Waals surface area contributed by atoms with Gasteiger partial charge in [-0.05, 0) is 19.1 Å².